The quantitative estimate of drug-likeness (QED) is 0.675. The molecule has 0 aliphatic heterocycles. The van der Waals surface area contributed by atoms with Crippen LogP contribution in [0.2, 0.25) is 0 Å². The molecule has 0 saturated heterocycles. The molecule has 0 atom stereocenters. The van der Waals surface area contributed by atoms with Crippen molar-refractivity contribution >= 4 is 11.0 Å². The van der Waals surface area contributed by atoms with Crippen molar-refractivity contribution < 1.29 is 4.39 Å². The summed E-state index contributed by atoms with van der Waals surface area (Å²) in [5.41, 5.74) is -0.576. The van der Waals surface area contributed by atoms with Gasteiger partial charge >= 0.3 is 11.1 Å². The van der Waals surface area contributed by atoms with Crippen LogP contribution >= 0.6 is 0 Å². The maximum atomic E-state index is 13.8. The standard InChI is InChI=1S/C14H9FN2O2/c15-9-5-1-3-7-11(9)17-12-8-4-2-6-10(12)16-13(18)14(17)19/h1-8H,(H,16,18). The fraction of sp³-hybridized carbons (Fsp3) is 0. The first-order chi connectivity index (χ1) is 9.18. The summed E-state index contributed by atoms with van der Waals surface area (Å²) in [5.74, 6) is -0.555. The fourth-order valence-electron chi connectivity index (χ4n) is 2.03. The van der Waals surface area contributed by atoms with E-state index in [0.717, 1.165) is 4.57 Å². The van der Waals surface area contributed by atoms with Gasteiger partial charge in [0, 0.05) is 0 Å². The number of halogens is 1. The minimum absolute atomic E-state index is 0.0646. The minimum Gasteiger partial charge on any atom is -0.316 e. The van der Waals surface area contributed by atoms with E-state index in [0.29, 0.717) is 11.0 Å². The van der Waals surface area contributed by atoms with Crippen molar-refractivity contribution in [2.45, 2.75) is 0 Å². The van der Waals surface area contributed by atoms with Crippen LogP contribution in [0.3, 0.4) is 0 Å². The first-order valence-electron chi connectivity index (χ1n) is 5.67. The van der Waals surface area contributed by atoms with Crippen molar-refractivity contribution in [3.63, 3.8) is 0 Å². The van der Waals surface area contributed by atoms with E-state index in [1.165, 1.54) is 18.2 Å². The van der Waals surface area contributed by atoms with Crippen molar-refractivity contribution in [2.24, 2.45) is 0 Å². The molecule has 2 aromatic carbocycles. The van der Waals surface area contributed by atoms with Gasteiger partial charge in [-0.15, -0.1) is 0 Å². The lowest BCUT2D eigenvalue weighted by Crippen LogP contribution is -2.35. The smallest absolute Gasteiger partial charge is 0.316 e. The highest BCUT2D eigenvalue weighted by Gasteiger charge is 2.11. The number of fused-ring (bicyclic) bond motifs is 1. The largest absolute Gasteiger partial charge is 0.321 e. The van der Waals surface area contributed by atoms with Gasteiger partial charge in [0.25, 0.3) is 0 Å². The first kappa shape index (κ1) is 11.4. The summed E-state index contributed by atoms with van der Waals surface area (Å²) >= 11 is 0. The van der Waals surface area contributed by atoms with Gasteiger partial charge in [-0.3, -0.25) is 14.2 Å². The lowest BCUT2D eigenvalue weighted by molar-refractivity contribution is 0.617. The van der Waals surface area contributed by atoms with E-state index in [2.05, 4.69) is 4.98 Å². The Balaban J connectivity index is 2.54. The zero-order valence-electron chi connectivity index (χ0n) is 9.76. The van der Waals surface area contributed by atoms with Crippen molar-refractivity contribution in [1.29, 1.82) is 0 Å². The van der Waals surface area contributed by atoms with Crippen molar-refractivity contribution in [3.05, 3.63) is 75.1 Å². The Morgan fingerprint density at radius 3 is 2.42 bits per heavy atom. The van der Waals surface area contributed by atoms with Crippen LogP contribution in [-0.4, -0.2) is 9.55 Å². The van der Waals surface area contributed by atoms with Crippen LogP contribution in [0.15, 0.2) is 58.1 Å². The van der Waals surface area contributed by atoms with Gasteiger partial charge in [-0.1, -0.05) is 24.3 Å². The predicted molar refractivity (Wildman–Crippen MR) is 70.1 cm³/mol. The number of hydrogen-bond donors (Lipinski definition) is 1. The number of nitrogens with zero attached hydrogens (tertiary/aromatic N) is 1. The van der Waals surface area contributed by atoms with E-state index >= 15 is 0 Å². The highest BCUT2D eigenvalue weighted by molar-refractivity contribution is 5.76. The van der Waals surface area contributed by atoms with Crippen LogP contribution in [0, 0.1) is 5.82 Å². The molecule has 19 heavy (non-hydrogen) atoms. The van der Waals surface area contributed by atoms with E-state index in [1.807, 2.05) is 0 Å². The molecule has 5 heteroatoms. The highest BCUT2D eigenvalue weighted by atomic mass is 19.1. The summed E-state index contributed by atoms with van der Waals surface area (Å²) in [6.45, 7) is 0. The molecular weight excluding hydrogens is 247 g/mol. The van der Waals surface area contributed by atoms with Crippen LogP contribution in [0.25, 0.3) is 16.7 Å². The van der Waals surface area contributed by atoms with Crippen LogP contribution in [0.4, 0.5) is 4.39 Å². The highest BCUT2D eigenvalue weighted by Crippen LogP contribution is 2.15. The summed E-state index contributed by atoms with van der Waals surface area (Å²) in [6, 6.07) is 12.6. The van der Waals surface area contributed by atoms with E-state index < -0.39 is 16.9 Å². The van der Waals surface area contributed by atoms with E-state index in [9.17, 15) is 14.0 Å². The number of rotatable bonds is 1. The molecule has 3 rings (SSSR count). The second-order valence-corrected chi connectivity index (χ2v) is 4.06. The molecule has 1 N–H and O–H groups in total. The number of aromatic nitrogens is 2. The Morgan fingerprint density at radius 1 is 0.947 bits per heavy atom. The van der Waals surface area contributed by atoms with E-state index in [1.54, 1.807) is 30.3 Å². The van der Waals surface area contributed by atoms with Gasteiger partial charge < -0.3 is 4.98 Å². The number of hydrogen-bond acceptors (Lipinski definition) is 2. The van der Waals surface area contributed by atoms with Gasteiger partial charge in [0.1, 0.15) is 5.82 Å². The number of H-pyrrole nitrogens is 1. The van der Waals surface area contributed by atoms with Gasteiger partial charge in [-0.25, -0.2) is 4.39 Å². The third-order valence-corrected chi connectivity index (χ3v) is 2.88. The molecule has 0 bridgehead atoms. The Hall–Kier alpha value is -2.69. The molecule has 0 aliphatic rings. The van der Waals surface area contributed by atoms with Gasteiger partial charge in [-0.05, 0) is 24.3 Å². The third kappa shape index (κ3) is 1.76. The lowest BCUT2D eigenvalue weighted by Gasteiger charge is -2.09. The monoisotopic (exact) mass is 256 g/mol. The van der Waals surface area contributed by atoms with Gasteiger partial charge in [0.2, 0.25) is 0 Å². The summed E-state index contributed by atoms with van der Waals surface area (Å²) in [7, 11) is 0. The molecule has 0 fully saturated rings. The molecule has 0 saturated carbocycles. The molecule has 1 heterocycles. The predicted octanol–water partition coefficient (Wildman–Crippen LogP) is 1.82. The first-order valence-corrected chi connectivity index (χ1v) is 5.67. The molecule has 94 valence electrons. The van der Waals surface area contributed by atoms with Crippen molar-refractivity contribution in [2.75, 3.05) is 0 Å². The molecular formula is C14H9FN2O2. The number of aromatic amines is 1. The Labute approximate surface area is 106 Å². The molecule has 0 amide bonds. The molecule has 4 nitrogen and oxygen atoms in total. The third-order valence-electron chi connectivity index (χ3n) is 2.88. The van der Waals surface area contributed by atoms with Crippen LogP contribution < -0.4 is 11.1 Å². The van der Waals surface area contributed by atoms with Gasteiger partial charge in [0.15, 0.2) is 0 Å². The van der Waals surface area contributed by atoms with Crippen LogP contribution in [0.5, 0.6) is 0 Å². The van der Waals surface area contributed by atoms with Crippen LogP contribution in [0.1, 0.15) is 0 Å². The average molecular weight is 256 g/mol. The molecule has 1 aromatic heterocycles. The SMILES string of the molecule is O=c1[nH]c2ccccc2n(-c2ccccc2F)c1=O. The molecule has 3 aromatic rings. The maximum Gasteiger partial charge on any atom is 0.321 e. The Kier molecular flexibility index (Phi) is 2.52. The second kappa shape index (κ2) is 4.20. The van der Waals surface area contributed by atoms with Crippen molar-refractivity contribution in [1.82, 2.24) is 9.55 Å². The molecule has 0 spiro atoms. The normalized spacial score (nSPS) is 10.8. The van der Waals surface area contributed by atoms with E-state index in [4.69, 9.17) is 0 Å². The summed E-state index contributed by atoms with van der Waals surface area (Å²) in [5, 5.41) is 0. The average Bonchev–Trinajstić information content (AvgIpc) is 2.42. The van der Waals surface area contributed by atoms with Crippen LogP contribution in [-0.2, 0) is 0 Å². The number of nitrogens with one attached hydrogen (secondary N) is 1. The summed E-state index contributed by atoms with van der Waals surface area (Å²) in [6.07, 6.45) is 0. The fourth-order valence-corrected chi connectivity index (χ4v) is 2.03. The zero-order chi connectivity index (χ0) is 13.4. The summed E-state index contributed by atoms with van der Waals surface area (Å²) in [4.78, 5) is 26.1. The minimum atomic E-state index is -0.802. The topological polar surface area (TPSA) is 54.9 Å². The zero-order valence-corrected chi connectivity index (χ0v) is 9.76. The van der Waals surface area contributed by atoms with E-state index in [-0.39, 0.29) is 5.69 Å². The van der Waals surface area contributed by atoms with Gasteiger partial charge in [0.05, 0.1) is 16.7 Å². The maximum absolute atomic E-state index is 13.8. The summed E-state index contributed by atoms with van der Waals surface area (Å²) < 4.78 is 14.9. The lowest BCUT2D eigenvalue weighted by atomic mass is 10.2. The number of benzene rings is 2. The Bertz CT molecular complexity index is 880. The molecule has 0 aliphatic carbocycles. The van der Waals surface area contributed by atoms with Crippen molar-refractivity contribution in [3.8, 4) is 5.69 Å². The Morgan fingerprint density at radius 2 is 1.63 bits per heavy atom. The molecule has 0 radical (unpaired) electrons. The number of para-hydroxylation sites is 3. The van der Waals surface area contributed by atoms with Gasteiger partial charge in [-0.2, -0.15) is 0 Å². The second-order valence-electron chi connectivity index (χ2n) is 4.06. The molecule has 0 unspecified atom stereocenters.